The lowest BCUT2D eigenvalue weighted by molar-refractivity contribution is -0.161. The molecule has 444 valence electrons. The Morgan fingerprint density at radius 1 is 0.387 bits per heavy atom. The molecule has 75 heavy (non-hydrogen) atoms. The van der Waals surface area contributed by atoms with Gasteiger partial charge >= 0.3 is 39.5 Å². The number of unbranched alkanes of at least 4 members (excludes halogenated alkanes) is 24. The van der Waals surface area contributed by atoms with Gasteiger partial charge in [0.1, 0.15) is 19.3 Å². The number of ether oxygens (including phenoxy) is 4. The minimum Gasteiger partial charge on any atom is -0.462 e. The lowest BCUT2D eigenvalue weighted by Crippen LogP contribution is -2.30. The second-order valence-electron chi connectivity index (χ2n) is 21.0. The van der Waals surface area contributed by atoms with Crippen molar-refractivity contribution >= 4 is 39.5 Å². The van der Waals surface area contributed by atoms with Crippen LogP contribution in [-0.2, 0) is 65.4 Å². The summed E-state index contributed by atoms with van der Waals surface area (Å²) in [5.41, 5.74) is 0. The Morgan fingerprint density at radius 2 is 0.680 bits per heavy atom. The highest BCUT2D eigenvalue weighted by Gasteiger charge is 2.30. The lowest BCUT2D eigenvalue weighted by atomic mass is 9.99. The highest BCUT2D eigenvalue weighted by Crippen LogP contribution is 2.45. The first kappa shape index (κ1) is 73.1. The zero-order valence-electron chi connectivity index (χ0n) is 47.8. The number of phosphoric acid groups is 2. The van der Waals surface area contributed by atoms with Crippen molar-refractivity contribution in [1.82, 2.24) is 0 Å². The van der Waals surface area contributed by atoms with Gasteiger partial charge in [0, 0.05) is 25.7 Å². The summed E-state index contributed by atoms with van der Waals surface area (Å²) in [5, 5.41) is 10.4. The molecule has 0 heterocycles. The fourth-order valence-corrected chi connectivity index (χ4v) is 9.66. The first-order valence-electron chi connectivity index (χ1n) is 29.5. The number of rotatable bonds is 55. The zero-order chi connectivity index (χ0) is 55.8. The van der Waals surface area contributed by atoms with Gasteiger partial charge in [0.25, 0.3) is 0 Å². The van der Waals surface area contributed by atoms with Gasteiger partial charge in [-0.3, -0.25) is 37.3 Å². The maximum Gasteiger partial charge on any atom is 0.472 e. The summed E-state index contributed by atoms with van der Waals surface area (Å²) in [6.07, 6.45) is 28.7. The van der Waals surface area contributed by atoms with Crippen LogP contribution in [-0.4, -0.2) is 96.7 Å². The van der Waals surface area contributed by atoms with Crippen LogP contribution in [0.1, 0.15) is 266 Å². The minimum absolute atomic E-state index is 0.0983. The van der Waals surface area contributed by atoms with Crippen molar-refractivity contribution in [3.05, 3.63) is 0 Å². The average Bonchev–Trinajstić information content (AvgIpc) is 3.37. The molecule has 0 spiro atoms. The van der Waals surface area contributed by atoms with E-state index in [2.05, 4.69) is 41.5 Å². The number of aliphatic hydroxyl groups excluding tert-OH is 1. The van der Waals surface area contributed by atoms with Crippen molar-refractivity contribution < 1.29 is 80.2 Å². The van der Waals surface area contributed by atoms with Crippen molar-refractivity contribution in [2.75, 3.05) is 39.6 Å². The summed E-state index contributed by atoms with van der Waals surface area (Å²) < 4.78 is 67.2. The summed E-state index contributed by atoms with van der Waals surface area (Å²) in [6.45, 7) is 9.24. The van der Waals surface area contributed by atoms with Crippen LogP contribution in [0.25, 0.3) is 0 Å². The fourth-order valence-electron chi connectivity index (χ4n) is 8.08. The third-order valence-electron chi connectivity index (χ3n) is 13.1. The molecule has 0 amide bonds. The van der Waals surface area contributed by atoms with E-state index in [9.17, 15) is 43.2 Å². The molecule has 0 rings (SSSR count). The number of hydrogen-bond acceptors (Lipinski definition) is 15. The molecule has 0 radical (unpaired) electrons. The number of esters is 4. The molecule has 0 aliphatic heterocycles. The molecule has 0 bridgehead atoms. The van der Waals surface area contributed by atoms with Gasteiger partial charge in [0.05, 0.1) is 26.4 Å². The Kier molecular flexibility index (Phi) is 47.9. The van der Waals surface area contributed by atoms with E-state index in [-0.39, 0.29) is 25.7 Å². The Morgan fingerprint density at radius 3 is 1.01 bits per heavy atom. The SMILES string of the molecule is CCCCCCCC(=O)OC[C@H](COP(=O)(O)OC[C@H](O)COP(=O)(O)OC[C@@H](COC(=O)CCCCCCCCCCC(C)CC)OC(=O)CCCCCCCCCCCCC(C)C)OC(=O)CCCCCCC. The molecular formula is C56H108O17P2. The summed E-state index contributed by atoms with van der Waals surface area (Å²) in [4.78, 5) is 71.3. The van der Waals surface area contributed by atoms with Gasteiger partial charge in [-0.25, -0.2) is 9.13 Å². The van der Waals surface area contributed by atoms with E-state index in [1.165, 1.54) is 77.0 Å². The Labute approximate surface area is 454 Å². The molecule has 19 heteroatoms. The molecule has 0 aliphatic carbocycles. The van der Waals surface area contributed by atoms with Gasteiger partial charge in [0.15, 0.2) is 12.2 Å². The minimum atomic E-state index is -4.93. The fraction of sp³-hybridized carbons (Fsp3) is 0.929. The van der Waals surface area contributed by atoms with Crippen LogP contribution in [0.2, 0.25) is 0 Å². The van der Waals surface area contributed by atoms with E-state index < -0.39 is 97.5 Å². The second kappa shape index (κ2) is 49.1. The van der Waals surface area contributed by atoms with Crippen molar-refractivity contribution in [2.45, 2.75) is 285 Å². The summed E-state index contributed by atoms with van der Waals surface area (Å²) in [7, 11) is -9.85. The molecule has 17 nitrogen and oxygen atoms in total. The van der Waals surface area contributed by atoms with E-state index in [1.54, 1.807) is 0 Å². The summed E-state index contributed by atoms with van der Waals surface area (Å²) in [5.74, 6) is -0.638. The van der Waals surface area contributed by atoms with E-state index in [4.69, 9.17) is 37.0 Å². The molecule has 0 fully saturated rings. The average molecular weight is 1120 g/mol. The van der Waals surface area contributed by atoms with Crippen LogP contribution in [0.3, 0.4) is 0 Å². The third-order valence-corrected chi connectivity index (χ3v) is 15.0. The normalized spacial score (nSPS) is 14.9. The van der Waals surface area contributed by atoms with Gasteiger partial charge in [-0.05, 0) is 37.5 Å². The largest absolute Gasteiger partial charge is 0.472 e. The van der Waals surface area contributed by atoms with Gasteiger partial charge in [0.2, 0.25) is 0 Å². The molecule has 3 unspecified atom stereocenters. The van der Waals surface area contributed by atoms with Crippen molar-refractivity contribution in [3.63, 3.8) is 0 Å². The van der Waals surface area contributed by atoms with E-state index >= 15 is 0 Å². The predicted octanol–water partition coefficient (Wildman–Crippen LogP) is 14.5. The Hall–Kier alpha value is -1.94. The smallest absolute Gasteiger partial charge is 0.462 e. The highest BCUT2D eigenvalue weighted by molar-refractivity contribution is 7.47. The molecule has 0 saturated carbocycles. The summed E-state index contributed by atoms with van der Waals surface area (Å²) >= 11 is 0. The molecular weight excluding hydrogens is 1010 g/mol. The van der Waals surface area contributed by atoms with Gasteiger partial charge in [-0.15, -0.1) is 0 Å². The van der Waals surface area contributed by atoms with Crippen LogP contribution in [0.4, 0.5) is 0 Å². The first-order chi connectivity index (χ1) is 35.9. The van der Waals surface area contributed by atoms with Gasteiger partial charge in [-0.2, -0.15) is 0 Å². The number of carbonyl (C=O) groups excluding carboxylic acids is 4. The van der Waals surface area contributed by atoms with Gasteiger partial charge < -0.3 is 33.8 Å². The summed E-state index contributed by atoms with van der Waals surface area (Å²) in [6, 6.07) is 0. The van der Waals surface area contributed by atoms with Crippen molar-refractivity contribution in [2.24, 2.45) is 11.8 Å². The maximum absolute atomic E-state index is 12.9. The zero-order valence-corrected chi connectivity index (χ0v) is 49.6. The molecule has 0 aliphatic rings. The standard InChI is InChI=1S/C56H108O17P2/c1-7-10-12-24-32-38-53(58)66-44-51(72-55(60)40-34-25-13-11-8-2)46-70-74(62,63)68-42-50(57)43-69-75(64,65)71-47-52(45-67-54(59)39-33-28-22-19-18-21-27-31-37-49(6)9-3)73-56(61)41-35-29-23-17-15-14-16-20-26-30-36-48(4)5/h48-52,57H,7-47H2,1-6H3,(H,62,63)(H,64,65)/t49?,50-,51+,52+/m0/s1. The van der Waals surface area contributed by atoms with Gasteiger partial charge in [-0.1, -0.05) is 215 Å². The van der Waals surface area contributed by atoms with E-state index in [1.807, 2.05) is 0 Å². The predicted molar refractivity (Wildman–Crippen MR) is 294 cm³/mol. The highest BCUT2D eigenvalue weighted by atomic mass is 31.2. The molecule has 0 aromatic heterocycles. The molecule has 0 aromatic carbocycles. The molecule has 3 N–H and O–H groups in total. The van der Waals surface area contributed by atoms with Crippen LogP contribution in [0.15, 0.2) is 0 Å². The Bertz CT molecular complexity index is 1500. The van der Waals surface area contributed by atoms with Crippen molar-refractivity contribution in [3.8, 4) is 0 Å². The van der Waals surface area contributed by atoms with E-state index in [0.29, 0.717) is 25.7 Å². The van der Waals surface area contributed by atoms with Crippen LogP contribution >= 0.6 is 15.6 Å². The number of hydrogen-bond donors (Lipinski definition) is 3. The van der Waals surface area contributed by atoms with Crippen LogP contribution < -0.4 is 0 Å². The first-order valence-corrected chi connectivity index (χ1v) is 32.5. The molecule has 0 aromatic rings. The topological polar surface area (TPSA) is 237 Å². The number of aliphatic hydroxyl groups is 1. The maximum atomic E-state index is 12.9. The lowest BCUT2D eigenvalue weighted by Gasteiger charge is -2.21. The third kappa shape index (κ3) is 50.1. The Balaban J connectivity index is 5.15. The number of carbonyl (C=O) groups is 4. The molecule has 6 atom stereocenters. The molecule has 0 saturated heterocycles. The quantitative estimate of drug-likeness (QED) is 0.0222. The van der Waals surface area contributed by atoms with Crippen LogP contribution in [0, 0.1) is 11.8 Å². The van der Waals surface area contributed by atoms with Crippen LogP contribution in [0.5, 0.6) is 0 Å². The van der Waals surface area contributed by atoms with E-state index in [0.717, 1.165) is 108 Å². The van der Waals surface area contributed by atoms with Crippen molar-refractivity contribution in [1.29, 1.82) is 0 Å². The monoisotopic (exact) mass is 1110 g/mol. The second-order valence-corrected chi connectivity index (χ2v) is 23.9. The number of phosphoric ester groups is 2.